The number of nitrogens with zero attached hydrogens (tertiary/aromatic N) is 4. The summed E-state index contributed by atoms with van der Waals surface area (Å²) in [7, 11) is 0. The van der Waals surface area contributed by atoms with Crippen LogP contribution in [0.1, 0.15) is 30.1 Å². The zero-order chi connectivity index (χ0) is 11.9. The fourth-order valence-corrected chi connectivity index (χ4v) is 1.47. The SMILES string of the molecule is N#CCCCc1nc(Cc2cccnc2)no1. The lowest BCUT2D eigenvalue weighted by Gasteiger charge is -1.93. The molecular formula is C12H12N4O. The van der Waals surface area contributed by atoms with Gasteiger partial charge in [0.25, 0.3) is 0 Å². The summed E-state index contributed by atoms with van der Waals surface area (Å²) in [6.07, 6.45) is 6.06. The van der Waals surface area contributed by atoms with Gasteiger partial charge in [-0.15, -0.1) is 0 Å². The zero-order valence-electron chi connectivity index (χ0n) is 9.33. The molecule has 2 heterocycles. The number of aromatic nitrogens is 3. The number of rotatable bonds is 5. The van der Waals surface area contributed by atoms with Gasteiger partial charge in [0.2, 0.25) is 5.89 Å². The third kappa shape index (κ3) is 3.38. The average molecular weight is 228 g/mol. The molecule has 2 aromatic rings. The van der Waals surface area contributed by atoms with Gasteiger partial charge < -0.3 is 4.52 Å². The van der Waals surface area contributed by atoms with Crippen LogP contribution in [0.25, 0.3) is 0 Å². The lowest BCUT2D eigenvalue weighted by Crippen LogP contribution is -1.92. The summed E-state index contributed by atoms with van der Waals surface area (Å²) in [6, 6.07) is 5.94. The molecule has 2 rings (SSSR count). The first kappa shape index (κ1) is 11.3. The Morgan fingerprint density at radius 3 is 3.12 bits per heavy atom. The van der Waals surface area contributed by atoms with Crippen LogP contribution in [0.4, 0.5) is 0 Å². The first-order chi connectivity index (χ1) is 8.38. The smallest absolute Gasteiger partial charge is 0.226 e. The van der Waals surface area contributed by atoms with Gasteiger partial charge in [0.05, 0.1) is 6.07 Å². The van der Waals surface area contributed by atoms with Crippen LogP contribution in [0, 0.1) is 11.3 Å². The van der Waals surface area contributed by atoms with Crippen molar-refractivity contribution in [2.45, 2.75) is 25.7 Å². The molecule has 2 aromatic heterocycles. The van der Waals surface area contributed by atoms with Gasteiger partial charge in [-0.1, -0.05) is 11.2 Å². The molecule has 0 fully saturated rings. The van der Waals surface area contributed by atoms with Crippen LogP contribution in [0.15, 0.2) is 29.0 Å². The molecule has 0 aliphatic rings. The second-order valence-corrected chi connectivity index (χ2v) is 3.65. The molecule has 0 saturated heterocycles. The minimum atomic E-state index is 0.514. The van der Waals surface area contributed by atoms with Gasteiger partial charge in [0.15, 0.2) is 5.82 Å². The average Bonchev–Trinajstić information content (AvgIpc) is 2.79. The Hall–Kier alpha value is -2.22. The van der Waals surface area contributed by atoms with Crippen LogP contribution in [0.3, 0.4) is 0 Å². The van der Waals surface area contributed by atoms with Gasteiger partial charge in [-0.3, -0.25) is 4.98 Å². The lowest BCUT2D eigenvalue weighted by atomic mass is 10.2. The van der Waals surface area contributed by atoms with Crippen LogP contribution < -0.4 is 0 Å². The summed E-state index contributed by atoms with van der Waals surface area (Å²) < 4.78 is 5.09. The van der Waals surface area contributed by atoms with Crippen molar-refractivity contribution in [3.63, 3.8) is 0 Å². The number of aryl methyl sites for hydroxylation is 1. The van der Waals surface area contributed by atoms with Crippen molar-refractivity contribution in [2.75, 3.05) is 0 Å². The quantitative estimate of drug-likeness (QED) is 0.730. The Bertz CT molecular complexity index is 501. The van der Waals surface area contributed by atoms with Gasteiger partial charge in [-0.05, 0) is 18.1 Å². The van der Waals surface area contributed by atoms with Crippen LogP contribution >= 0.6 is 0 Å². The standard InChI is InChI=1S/C12H12N4O/c13-6-2-1-5-12-15-11(16-17-12)8-10-4-3-7-14-9-10/h3-4,7,9H,1-2,5,8H2. The highest BCUT2D eigenvalue weighted by molar-refractivity contribution is 5.13. The van der Waals surface area contributed by atoms with E-state index in [0.29, 0.717) is 31.0 Å². The van der Waals surface area contributed by atoms with Crippen molar-refractivity contribution in [2.24, 2.45) is 0 Å². The molecule has 0 amide bonds. The van der Waals surface area contributed by atoms with E-state index in [1.165, 1.54) is 0 Å². The van der Waals surface area contributed by atoms with E-state index in [4.69, 9.17) is 9.78 Å². The summed E-state index contributed by atoms with van der Waals surface area (Å²) >= 11 is 0. The van der Waals surface area contributed by atoms with E-state index in [1.807, 2.05) is 12.1 Å². The summed E-state index contributed by atoms with van der Waals surface area (Å²) in [5.74, 6) is 1.25. The van der Waals surface area contributed by atoms with Gasteiger partial charge in [0.1, 0.15) is 0 Å². The normalized spacial score (nSPS) is 10.1. The molecule has 0 saturated carbocycles. The number of unbranched alkanes of at least 4 members (excludes halogenated alkanes) is 1. The maximum Gasteiger partial charge on any atom is 0.226 e. The van der Waals surface area contributed by atoms with Crippen LogP contribution in [0.5, 0.6) is 0 Å². The predicted molar refractivity (Wildman–Crippen MR) is 59.9 cm³/mol. The van der Waals surface area contributed by atoms with E-state index in [2.05, 4.69) is 21.2 Å². The Labute approximate surface area is 99.1 Å². The molecule has 17 heavy (non-hydrogen) atoms. The zero-order valence-corrected chi connectivity index (χ0v) is 9.33. The van der Waals surface area contributed by atoms with Crippen molar-refractivity contribution in [3.8, 4) is 6.07 Å². The third-order valence-corrected chi connectivity index (χ3v) is 2.27. The van der Waals surface area contributed by atoms with Gasteiger partial charge in [-0.2, -0.15) is 10.2 Å². The topological polar surface area (TPSA) is 75.6 Å². The molecule has 5 nitrogen and oxygen atoms in total. The van der Waals surface area contributed by atoms with Crippen LogP contribution in [-0.2, 0) is 12.8 Å². The number of hydrogen-bond donors (Lipinski definition) is 0. The Balaban J connectivity index is 1.93. The van der Waals surface area contributed by atoms with E-state index in [-0.39, 0.29) is 0 Å². The third-order valence-electron chi connectivity index (χ3n) is 2.27. The summed E-state index contributed by atoms with van der Waals surface area (Å²) in [6.45, 7) is 0. The van der Waals surface area contributed by atoms with E-state index >= 15 is 0 Å². The number of pyridine rings is 1. The largest absolute Gasteiger partial charge is 0.339 e. The highest BCUT2D eigenvalue weighted by Gasteiger charge is 2.06. The number of hydrogen-bond acceptors (Lipinski definition) is 5. The van der Waals surface area contributed by atoms with Gasteiger partial charge in [0, 0.05) is 31.7 Å². The highest BCUT2D eigenvalue weighted by atomic mass is 16.5. The Morgan fingerprint density at radius 1 is 1.41 bits per heavy atom. The molecule has 0 N–H and O–H groups in total. The molecule has 0 aromatic carbocycles. The predicted octanol–water partition coefficient (Wildman–Crippen LogP) is 1.90. The van der Waals surface area contributed by atoms with Crippen molar-refractivity contribution in [3.05, 3.63) is 41.8 Å². The molecular weight excluding hydrogens is 216 g/mol. The summed E-state index contributed by atoms with van der Waals surface area (Å²) in [5.41, 5.74) is 1.05. The molecule has 0 aliphatic carbocycles. The summed E-state index contributed by atoms with van der Waals surface area (Å²) in [5, 5.41) is 12.3. The van der Waals surface area contributed by atoms with Crippen molar-refractivity contribution in [1.29, 1.82) is 5.26 Å². The number of nitriles is 1. The van der Waals surface area contributed by atoms with Crippen LogP contribution in [0.2, 0.25) is 0 Å². The second kappa shape index (κ2) is 5.75. The van der Waals surface area contributed by atoms with E-state index in [9.17, 15) is 0 Å². The van der Waals surface area contributed by atoms with E-state index in [0.717, 1.165) is 12.0 Å². The Kier molecular flexibility index (Phi) is 3.81. The molecule has 0 radical (unpaired) electrons. The van der Waals surface area contributed by atoms with Crippen molar-refractivity contribution < 1.29 is 4.52 Å². The van der Waals surface area contributed by atoms with E-state index < -0.39 is 0 Å². The Morgan fingerprint density at radius 2 is 2.35 bits per heavy atom. The molecule has 0 spiro atoms. The van der Waals surface area contributed by atoms with Crippen molar-refractivity contribution in [1.82, 2.24) is 15.1 Å². The van der Waals surface area contributed by atoms with E-state index in [1.54, 1.807) is 12.4 Å². The second-order valence-electron chi connectivity index (χ2n) is 3.65. The van der Waals surface area contributed by atoms with Gasteiger partial charge >= 0.3 is 0 Å². The first-order valence-electron chi connectivity index (χ1n) is 5.46. The lowest BCUT2D eigenvalue weighted by molar-refractivity contribution is 0.371. The maximum absolute atomic E-state index is 8.42. The first-order valence-corrected chi connectivity index (χ1v) is 5.46. The molecule has 0 unspecified atom stereocenters. The van der Waals surface area contributed by atoms with Crippen LogP contribution in [-0.4, -0.2) is 15.1 Å². The minimum Gasteiger partial charge on any atom is -0.339 e. The minimum absolute atomic E-state index is 0.514. The monoisotopic (exact) mass is 228 g/mol. The molecule has 0 bridgehead atoms. The fourth-order valence-electron chi connectivity index (χ4n) is 1.47. The summed E-state index contributed by atoms with van der Waals surface area (Å²) in [4.78, 5) is 8.29. The molecule has 86 valence electrons. The maximum atomic E-state index is 8.42. The fraction of sp³-hybridized carbons (Fsp3) is 0.333. The van der Waals surface area contributed by atoms with Gasteiger partial charge in [-0.25, -0.2) is 0 Å². The molecule has 0 atom stereocenters. The van der Waals surface area contributed by atoms with Crippen molar-refractivity contribution >= 4 is 0 Å². The molecule has 5 heteroatoms. The highest BCUT2D eigenvalue weighted by Crippen LogP contribution is 2.07. The molecule has 0 aliphatic heterocycles.